The van der Waals surface area contributed by atoms with Crippen LogP contribution in [0, 0.1) is 40.5 Å². The van der Waals surface area contributed by atoms with E-state index in [1.165, 1.54) is 84.9 Å². The van der Waals surface area contributed by atoms with Crippen molar-refractivity contribution in [3.05, 3.63) is 202 Å². The monoisotopic (exact) mass is 1010 g/mol. The number of anilines is 2. The Hall–Kier alpha value is -10.7. The molecule has 0 unspecified atom stereocenters. The average Bonchev–Trinajstić information content (AvgIpc) is 3.37. The predicted octanol–water partition coefficient (Wildman–Crippen LogP) is 9.96. The summed E-state index contributed by atoms with van der Waals surface area (Å²) < 4.78 is 41.6. The molecule has 2 N–H and O–H groups in total. The van der Waals surface area contributed by atoms with Gasteiger partial charge in [0, 0.05) is 59.7 Å². The van der Waals surface area contributed by atoms with Gasteiger partial charge in [-0.2, -0.15) is 0 Å². The zero-order valence-electron chi connectivity index (χ0n) is 37.1. The number of hydrogen-bond donors (Lipinski definition) is 2. The molecule has 0 aliphatic rings. The molecule has 6 aromatic rings. The molecular formula is C46H34N6O21. The Bertz CT molecular complexity index is 3040. The Morgan fingerprint density at radius 3 is 0.959 bits per heavy atom. The second-order valence-electron chi connectivity index (χ2n) is 14.5. The SMILES string of the molecule is O=C(Nc1ccc(COC(=O)Nc2ccc(COC(=O)Oc3ccc([N+](=O)[O-])cc3)cc2COC(=O)Oc2ccc([N+](=O)[O-])cc2)cc1COC(=O)Oc1ccc([N+](=O)[O-])cc1)OCc1ccc([N+](=O)[O-])cc1. The van der Waals surface area contributed by atoms with Crippen LogP contribution in [0.25, 0.3) is 0 Å². The fraction of sp³-hybridized carbons (Fsp3) is 0.109. The molecule has 0 spiro atoms. The highest BCUT2D eigenvalue weighted by atomic mass is 16.7. The standard InChI is InChI=1S/C46H34N6O21/c53-42(66-23-28-1-5-33(6-2-28)49(58)59)47-40-19-3-29(21-31(40)26-69-45(56)72-38-15-9-35(10-16-38)51(62)63)24-67-43(54)48-41-20-4-30(25-68-44(55)71-37-13-7-34(8-14-37)50(60)61)22-32(41)27-70-46(57)73-39-17-11-36(12-18-39)52(64)65/h1-22H,23-27H2,(H,47,53)(H,48,54). The summed E-state index contributed by atoms with van der Waals surface area (Å²) in [6.07, 6.45) is -5.68. The number of non-ortho nitro benzene ring substituents is 4. The van der Waals surface area contributed by atoms with Crippen LogP contribution < -0.4 is 24.8 Å². The first kappa shape index (κ1) is 51.7. The molecule has 374 valence electrons. The van der Waals surface area contributed by atoms with Gasteiger partial charge in [-0.3, -0.25) is 51.1 Å². The molecule has 0 atom stereocenters. The summed E-state index contributed by atoms with van der Waals surface area (Å²) in [7, 11) is 0. The predicted molar refractivity (Wildman–Crippen MR) is 245 cm³/mol. The summed E-state index contributed by atoms with van der Waals surface area (Å²) in [6.45, 7) is -2.25. The van der Waals surface area contributed by atoms with Gasteiger partial charge in [0.1, 0.15) is 50.3 Å². The van der Waals surface area contributed by atoms with Crippen molar-refractivity contribution in [2.24, 2.45) is 0 Å². The van der Waals surface area contributed by atoms with Gasteiger partial charge >= 0.3 is 30.7 Å². The number of benzene rings is 6. The van der Waals surface area contributed by atoms with Crippen LogP contribution >= 0.6 is 0 Å². The molecule has 0 bridgehead atoms. The fourth-order valence-corrected chi connectivity index (χ4v) is 5.96. The highest BCUT2D eigenvalue weighted by molar-refractivity contribution is 5.87. The van der Waals surface area contributed by atoms with E-state index >= 15 is 0 Å². The van der Waals surface area contributed by atoms with E-state index in [0.717, 1.165) is 48.5 Å². The van der Waals surface area contributed by atoms with Crippen molar-refractivity contribution < 1.29 is 81.6 Å². The number of nitrogens with one attached hydrogen (secondary N) is 2. The van der Waals surface area contributed by atoms with Gasteiger partial charge in [0.25, 0.3) is 22.7 Å². The minimum Gasteiger partial charge on any atom is -0.444 e. The summed E-state index contributed by atoms with van der Waals surface area (Å²) >= 11 is 0. The number of carbonyl (C=O) groups excluding carboxylic acids is 5. The lowest BCUT2D eigenvalue weighted by molar-refractivity contribution is -0.385. The third-order valence-corrected chi connectivity index (χ3v) is 9.49. The maximum Gasteiger partial charge on any atom is 0.514 e. The molecule has 2 amide bonds. The molecule has 0 aliphatic heterocycles. The first-order valence-electron chi connectivity index (χ1n) is 20.6. The summed E-state index contributed by atoms with van der Waals surface area (Å²) in [6, 6.07) is 27.3. The molecule has 27 nitrogen and oxygen atoms in total. The number of hydrogen-bond acceptors (Lipinski definition) is 21. The molecular weight excluding hydrogens is 973 g/mol. The molecule has 6 aromatic carbocycles. The van der Waals surface area contributed by atoms with Crippen LogP contribution in [0.2, 0.25) is 0 Å². The highest BCUT2D eigenvalue weighted by Crippen LogP contribution is 2.26. The molecule has 6 rings (SSSR count). The van der Waals surface area contributed by atoms with E-state index < -0.39 is 76.8 Å². The molecule has 0 aromatic heterocycles. The molecule has 0 saturated heterocycles. The summed E-state index contributed by atoms with van der Waals surface area (Å²) in [4.78, 5) is 105. The number of rotatable bonds is 19. The lowest BCUT2D eigenvalue weighted by Crippen LogP contribution is -2.18. The summed E-state index contributed by atoms with van der Waals surface area (Å²) in [5, 5.41) is 48.9. The first-order valence-corrected chi connectivity index (χ1v) is 20.6. The van der Waals surface area contributed by atoms with Gasteiger partial charge < -0.3 is 37.9 Å². The third kappa shape index (κ3) is 15.9. The molecule has 0 radical (unpaired) electrons. The van der Waals surface area contributed by atoms with Crippen molar-refractivity contribution in [2.45, 2.75) is 33.0 Å². The van der Waals surface area contributed by atoms with Gasteiger partial charge in [-0.15, -0.1) is 0 Å². The van der Waals surface area contributed by atoms with Crippen LogP contribution in [0.5, 0.6) is 17.2 Å². The maximum absolute atomic E-state index is 13.2. The highest BCUT2D eigenvalue weighted by Gasteiger charge is 2.18. The Morgan fingerprint density at radius 1 is 0.356 bits per heavy atom. The zero-order valence-corrected chi connectivity index (χ0v) is 37.1. The van der Waals surface area contributed by atoms with Gasteiger partial charge in [0.2, 0.25) is 0 Å². The normalized spacial score (nSPS) is 10.4. The van der Waals surface area contributed by atoms with Gasteiger partial charge in [-0.1, -0.05) is 12.1 Å². The van der Waals surface area contributed by atoms with E-state index in [0.29, 0.717) is 5.56 Å². The van der Waals surface area contributed by atoms with E-state index in [-0.39, 0.29) is 80.2 Å². The minimum absolute atomic E-state index is 0.0257. The lowest BCUT2D eigenvalue weighted by Gasteiger charge is -2.15. The number of nitro groups is 4. The first-order chi connectivity index (χ1) is 35.0. The quantitative estimate of drug-likeness (QED) is 0.0250. The van der Waals surface area contributed by atoms with Gasteiger partial charge in [-0.05, 0) is 89.5 Å². The second-order valence-corrected chi connectivity index (χ2v) is 14.5. The van der Waals surface area contributed by atoms with Crippen molar-refractivity contribution in [3.8, 4) is 17.2 Å². The average molecular weight is 1010 g/mol. The van der Waals surface area contributed by atoms with E-state index in [1.807, 2.05) is 0 Å². The van der Waals surface area contributed by atoms with Crippen LogP contribution in [-0.4, -0.2) is 50.3 Å². The molecule has 27 heteroatoms. The number of nitrogens with zero attached hydrogens (tertiary/aromatic N) is 4. The van der Waals surface area contributed by atoms with Crippen LogP contribution in [0.1, 0.15) is 27.8 Å². The number of amides is 2. The molecule has 0 aliphatic carbocycles. The van der Waals surface area contributed by atoms with Crippen molar-refractivity contribution in [3.63, 3.8) is 0 Å². The topological polar surface area (TPSA) is 356 Å². The maximum atomic E-state index is 13.2. The van der Waals surface area contributed by atoms with E-state index in [1.54, 1.807) is 0 Å². The van der Waals surface area contributed by atoms with Crippen molar-refractivity contribution >= 4 is 64.8 Å². The third-order valence-electron chi connectivity index (χ3n) is 9.49. The Morgan fingerprint density at radius 2 is 0.630 bits per heavy atom. The smallest absolute Gasteiger partial charge is 0.444 e. The largest absolute Gasteiger partial charge is 0.514 e. The van der Waals surface area contributed by atoms with Crippen molar-refractivity contribution in [2.75, 3.05) is 10.6 Å². The van der Waals surface area contributed by atoms with Gasteiger partial charge in [0.15, 0.2) is 0 Å². The summed E-state index contributed by atoms with van der Waals surface area (Å²) in [5.74, 6) is -0.226. The Balaban J connectivity index is 1.13. The van der Waals surface area contributed by atoms with Crippen molar-refractivity contribution in [1.29, 1.82) is 0 Å². The van der Waals surface area contributed by atoms with E-state index in [9.17, 15) is 64.4 Å². The van der Waals surface area contributed by atoms with Crippen LogP contribution in [0.3, 0.4) is 0 Å². The van der Waals surface area contributed by atoms with E-state index in [4.69, 9.17) is 37.9 Å². The second kappa shape index (κ2) is 24.5. The van der Waals surface area contributed by atoms with Crippen LogP contribution in [-0.2, 0) is 56.7 Å². The van der Waals surface area contributed by atoms with E-state index in [2.05, 4.69) is 10.6 Å². The Kier molecular flexibility index (Phi) is 17.4. The van der Waals surface area contributed by atoms with Crippen molar-refractivity contribution in [1.82, 2.24) is 0 Å². The molecule has 0 fully saturated rings. The fourth-order valence-electron chi connectivity index (χ4n) is 5.96. The molecule has 0 heterocycles. The van der Waals surface area contributed by atoms with Crippen LogP contribution in [0.4, 0.5) is 58.1 Å². The number of ether oxygens (including phenoxy) is 8. The van der Waals surface area contributed by atoms with Crippen LogP contribution in [0.15, 0.2) is 133 Å². The minimum atomic E-state index is -1.24. The van der Waals surface area contributed by atoms with Gasteiger partial charge in [-0.25, -0.2) is 24.0 Å². The summed E-state index contributed by atoms with van der Waals surface area (Å²) in [5.41, 5.74) is 0.388. The molecule has 73 heavy (non-hydrogen) atoms. The lowest BCUT2D eigenvalue weighted by atomic mass is 10.1. The molecule has 0 saturated carbocycles. The number of carbonyl (C=O) groups is 5. The number of nitro benzene ring substituents is 4. The zero-order chi connectivity index (χ0) is 52.4. The Labute approximate surface area is 408 Å². The van der Waals surface area contributed by atoms with Gasteiger partial charge in [0.05, 0.1) is 31.1 Å².